The van der Waals surface area contributed by atoms with Crippen molar-refractivity contribution in [1.29, 1.82) is 0 Å². The maximum absolute atomic E-state index is 5.32. The first kappa shape index (κ1) is 13.2. The molecule has 1 aliphatic rings. The summed E-state index contributed by atoms with van der Waals surface area (Å²) in [6.07, 6.45) is 3.70. The second kappa shape index (κ2) is 5.68. The molecule has 0 spiro atoms. The number of fused-ring (bicyclic) bond motifs is 1. The SMILES string of the molecule is CNC1CCCc2ccc(-c3cccc(OC)c3)cc21. The van der Waals surface area contributed by atoms with E-state index in [9.17, 15) is 0 Å². The van der Waals surface area contributed by atoms with Crippen LogP contribution in [0.3, 0.4) is 0 Å². The number of aryl methyl sites for hydroxylation is 1. The van der Waals surface area contributed by atoms with Gasteiger partial charge in [0.1, 0.15) is 5.75 Å². The first-order valence-corrected chi connectivity index (χ1v) is 7.26. The summed E-state index contributed by atoms with van der Waals surface area (Å²) in [5.41, 5.74) is 5.43. The summed E-state index contributed by atoms with van der Waals surface area (Å²) < 4.78 is 5.32. The molecule has 0 saturated carbocycles. The fourth-order valence-electron chi connectivity index (χ4n) is 3.08. The molecule has 1 N–H and O–H groups in total. The van der Waals surface area contributed by atoms with Gasteiger partial charge in [-0.05, 0) is 66.8 Å². The highest BCUT2D eigenvalue weighted by molar-refractivity contribution is 5.67. The highest BCUT2D eigenvalue weighted by Crippen LogP contribution is 2.33. The average molecular weight is 267 g/mol. The topological polar surface area (TPSA) is 21.3 Å². The molecule has 0 heterocycles. The minimum atomic E-state index is 0.490. The predicted molar refractivity (Wildman–Crippen MR) is 83.2 cm³/mol. The lowest BCUT2D eigenvalue weighted by Gasteiger charge is -2.25. The van der Waals surface area contributed by atoms with Crippen molar-refractivity contribution in [3.8, 4) is 16.9 Å². The first-order chi connectivity index (χ1) is 9.81. The van der Waals surface area contributed by atoms with Crippen LogP contribution in [0.5, 0.6) is 5.75 Å². The predicted octanol–water partition coefficient (Wildman–Crippen LogP) is 3.96. The number of nitrogens with one attached hydrogen (secondary N) is 1. The van der Waals surface area contributed by atoms with Gasteiger partial charge in [-0.2, -0.15) is 0 Å². The van der Waals surface area contributed by atoms with Crippen molar-refractivity contribution in [2.24, 2.45) is 0 Å². The average Bonchev–Trinajstić information content (AvgIpc) is 2.53. The number of ether oxygens (including phenoxy) is 1. The van der Waals surface area contributed by atoms with E-state index in [1.54, 1.807) is 7.11 Å². The number of hydrogen-bond donors (Lipinski definition) is 1. The Balaban J connectivity index is 2.02. The van der Waals surface area contributed by atoms with Gasteiger partial charge in [-0.25, -0.2) is 0 Å². The molecule has 104 valence electrons. The summed E-state index contributed by atoms with van der Waals surface area (Å²) in [6.45, 7) is 0. The Bertz CT molecular complexity index is 606. The maximum atomic E-state index is 5.32. The van der Waals surface area contributed by atoms with Gasteiger partial charge in [0.2, 0.25) is 0 Å². The van der Waals surface area contributed by atoms with Crippen LogP contribution in [0.2, 0.25) is 0 Å². The summed E-state index contributed by atoms with van der Waals surface area (Å²) in [6, 6.07) is 15.6. The van der Waals surface area contributed by atoms with Crippen molar-refractivity contribution in [2.75, 3.05) is 14.2 Å². The maximum Gasteiger partial charge on any atom is 0.119 e. The standard InChI is InChI=1S/C18H21NO/c1-19-18-8-4-5-13-9-10-15(12-17(13)18)14-6-3-7-16(11-14)20-2/h3,6-7,9-12,18-19H,4-5,8H2,1-2H3. The molecule has 0 amide bonds. The molecule has 1 atom stereocenters. The van der Waals surface area contributed by atoms with E-state index in [-0.39, 0.29) is 0 Å². The van der Waals surface area contributed by atoms with Crippen molar-refractivity contribution < 1.29 is 4.74 Å². The van der Waals surface area contributed by atoms with E-state index in [4.69, 9.17) is 4.74 Å². The monoisotopic (exact) mass is 267 g/mol. The zero-order valence-electron chi connectivity index (χ0n) is 12.1. The lowest BCUT2D eigenvalue weighted by molar-refractivity contribution is 0.415. The minimum absolute atomic E-state index is 0.490. The van der Waals surface area contributed by atoms with Crippen LogP contribution in [-0.2, 0) is 6.42 Å². The zero-order valence-corrected chi connectivity index (χ0v) is 12.1. The van der Waals surface area contributed by atoms with Gasteiger partial charge >= 0.3 is 0 Å². The third-order valence-corrected chi connectivity index (χ3v) is 4.21. The fraction of sp³-hybridized carbons (Fsp3) is 0.333. The molecule has 0 fully saturated rings. The molecule has 1 aliphatic carbocycles. The first-order valence-electron chi connectivity index (χ1n) is 7.26. The van der Waals surface area contributed by atoms with E-state index in [2.05, 4.69) is 42.7 Å². The van der Waals surface area contributed by atoms with Crippen LogP contribution in [0, 0.1) is 0 Å². The molecule has 0 aromatic heterocycles. The molecular formula is C18H21NO. The van der Waals surface area contributed by atoms with Crippen molar-refractivity contribution >= 4 is 0 Å². The Hall–Kier alpha value is -1.80. The number of hydrogen-bond acceptors (Lipinski definition) is 2. The molecule has 1 unspecified atom stereocenters. The van der Waals surface area contributed by atoms with Crippen LogP contribution in [0.4, 0.5) is 0 Å². The lowest BCUT2D eigenvalue weighted by atomic mass is 9.85. The molecular weight excluding hydrogens is 246 g/mol. The van der Waals surface area contributed by atoms with E-state index < -0.39 is 0 Å². The summed E-state index contributed by atoms with van der Waals surface area (Å²) in [7, 11) is 3.76. The Morgan fingerprint density at radius 3 is 2.75 bits per heavy atom. The van der Waals surface area contributed by atoms with Gasteiger partial charge in [0.15, 0.2) is 0 Å². The van der Waals surface area contributed by atoms with Crippen LogP contribution in [0.25, 0.3) is 11.1 Å². The van der Waals surface area contributed by atoms with Crippen LogP contribution in [0.15, 0.2) is 42.5 Å². The number of methoxy groups -OCH3 is 1. The van der Waals surface area contributed by atoms with Gasteiger partial charge < -0.3 is 10.1 Å². The van der Waals surface area contributed by atoms with Crippen molar-refractivity contribution in [3.63, 3.8) is 0 Å². The van der Waals surface area contributed by atoms with Crippen LogP contribution >= 0.6 is 0 Å². The van der Waals surface area contributed by atoms with Crippen LogP contribution in [-0.4, -0.2) is 14.2 Å². The molecule has 2 aromatic rings. The van der Waals surface area contributed by atoms with Gasteiger partial charge in [0.05, 0.1) is 7.11 Å². The molecule has 2 heteroatoms. The van der Waals surface area contributed by atoms with Crippen molar-refractivity contribution in [3.05, 3.63) is 53.6 Å². The van der Waals surface area contributed by atoms with E-state index >= 15 is 0 Å². The molecule has 0 radical (unpaired) electrons. The van der Waals surface area contributed by atoms with E-state index in [1.165, 1.54) is 41.5 Å². The van der Waals surface area contributed by atoms with Gasteiger partial charge in [-0.1, -0.05) is 24.3 Å². The molecule has 0 aliphatic heterocycles. The van der Waals surface area contributed by atoms with E-state index in [0.29, 0.717) is 6.04 Å². The summed E-state index contributed by atoms with van der Waals surface area (Å²) in [5.74, 6) is 0.908. The minimum Gasteiger partial charge on any atom is -0.497 e. The Morgan fingerprint density at radius 2 is 1.95 bits per heavy atom. The molecule has 20 heavy (non-hydrogen) atoms. The summed E-state index contributed by atoms with van der Waals surface area (Å²) in [4.78, 5) is 0. The number of benzene rings is 2. The fourth-order valence-corrected chi connectivity index (χ4v) is 3.08. The third kappa shape index (κ3) is 2.44. The third-order valence-electron chi connectivity index (χ3n) is 4.21. The van der Waals surface area contributed by atoms with Crippen molar-refractivity contribution in [1.82, 2.24) is 5.32 Å². The zero-order chi connectivity index (χ0) is 13.9. The molecule has 2 aromatic carbocycles. The van der Waals surface area contributed by atoms with Gasteiger partial charge in [0.25, 0.3) is 0 Å². The van der Waals surface area contributed by atoms with Gasteiger partial charge in [-0.15, -0.1) is 0 Å². The van der Waals surface area contributed by atoms with E-state index in [0.717, 1.165) is 5.75 Å². The highest BCUT2D eigenvalue weighted by Gasteiger charge is 2.19. The lowest BCUT2D eigenvalue weighted by Crippen LogP contribution is -2.21. The molecule has 0 saturated heterocycles. The molecule has 2 nitrogen and oxygen atoms in total. The normalized spacial score (nSPS) is 17.6. The second-order valence-corrected chi connectivity index (χ2v) is 5.38. The quantitative estimate of drug-likeness (QED) is 0.909. The smallest absolute Gasteiger partial charge is 0.119 e. The summed E-state index contributed by atoms with van der Waals surface area (Å²) >= 11 is 0. The highest BCUT2D eigenvalue weighted by atomic mass is 16.5. The largest absolute Gasteiger partial charge is 0.497 e. The Labute approximate surface area is 120 Å². The Kier molecular flexibility index (Phi) is 3.75. The molecule has 3 rings (SSSR count). The van der Waals surface area contributed by atoms with Crippen LogP contribution in [0.1, 0.15) is 30.0 Å². The molecule has 0 bridgehead atoms. The van der Waals surface area contributed by atoms with Crippen molar-refractivity contribution in [2.45, 2.75) is 25.3 Å². The summed E-state index contributed by atoms with van der Waals surface area (Å²) in [5, 5.41) is 3.44. The second-order valence-electron chi connectivity index (χ2n) is 5.38. The Morgan fingerprint density at radius 1 is 1.10 bits per heavy atom. The van der Waals surface area contributed by atoms with E-state index in [1.807, 2.05) is 12.1 Å². The number of rotatable bonds is 3. The van der Waals surface area contributed by atoms with Gasteiger partial charge in [-0.3, -0.25) is 0 Å². The van der Waals surface area contributed by atoms with Gasteiger partial charge in [0, 0.05) is 6.04 Å². The van der Waals surface area contributed by atoms with Crippen LogP contribution < -0.4 is 10.1 Å².